The molecule has 0 spiro atoms. The lowest BCUT2D eigenvalue weighted by Gasteiger charge is -2.13. The third-order valence-corrected chi connectivity index (χ3v) is 5.97. The standard InChI is InChI=1S/C29H23NO4/c1-32-26-8-4-5-22(28(26)33-18-20-9-10-20)15-16-25-27(21-13-11-19(17-30)12-14-21)23-6-2-3-7-24(23)29(31)34-25/h2-8,11-16,20H,9-10,18H2,1H3. The molecule has 1 aromatic heterocycles. The van der Waals surface area contributed by atoms with Crippen molar-refractivity contribution in [1.29, 1.82) is 5.26 Å². The lowest BCUT2D eigenvalue weighted by molar-refractivity contribution is 0.280. The zero-order valence-electron chi connectivity index (χ0n) is 18.8. The maximum absolute atomic E-state index is 12.8. The molecule has 0 radical (unpaired) electrons. The Labute approximate surface area is 197 Å². The Bertz CT molecular complexity index is 1470. The van der Waals surface area contributed by atoms with Gasteiger partial charge in [-0.3, -0.25) is 0 Å². The van der Waals surface area contributed by atoms with Crippen molar-refractivity contribution in [1.82, 2.24) is 0 Å². The zero-order chi connectivity index (χ0) is 23.5. The first-order valence-electron chi connectivity index (χ1n) is 11.2. The van der Waals surface area contributed by atoms with E-state index < -0.39 is 5.63 Å². The number of rotatable bonds is 7. The Morgan fingerprint density at radius 1 is 1.00 bits per heavy atom. The number of methoxy groups -OCH3 is 1. The number of ether oxygens (including phenoxy) is 2. The van der Waals surface area contributed by atoms with Crippen LogP contribution in [-0.4, -0.2) is 13.7 Å². The molecular weight excluding hydrogens is 426 g/mol. The molecule has 5 nitrogen and oxygen atoms in total. The maximum atomic E-state index is 12.8. The average molecular weight is 450 g/mol. The van der Waals surface area contributed by atoms with Crippen LogP contribution < -0.4 is 15.1 Å². The molecule has 0 saturated heterocycles. The van der Waals surface area contributed by atoms with Gasteiger partial charge in [-0.05, 0) is 60.7 Å². The maximum Gasteiger partial charge on any atom is 0.344 e. The Balaban J connectivity index is 1.63. The summed E-state index contributed by atoms with van der Waals surface area (Å²) in [4.78, 5) is 12.8. The van der Waals surface area contributed by atoms with Gasteiger partial charge in [-0.25, -0.2) is 4.79 Å². The van der Waals surface area contributed by atoms with Crippen molar-refractivity contribution in [3.8, 4) is 28.7 Å². The molecule has 0 bridgehead atoms. The van der Waals surface area contributed by atoms with Crippen LogP contribution in [-0.2, 0) is 0 Å². The van der Waals surface area contributed by atoms with Crippen LogP contribution in [0.25, 0.3) is 34.1 Å². The normalized spacial score (nSPS) is 13.2. The molecule has 0 N–H and O–H groups in total. The van der Waals surface area contributed by atoms with Gasteiger partial charge in [-0.15, -0.1) is 0 Å². The molecule has 4 aromatic rings. The predicted molar refractivity (Wildman–Crippen MR) is 133 cm³/mol. The highest BCUT2D eigenvalue weighted by molar-refractivity contribution is 5.99. The summed E-state index contributed by atoms with van der Waals surface area (Å²) in [5.41, 5.74) is 2.65. The second-order valence-electron chi connectivity index (χ2n) is 8.33. The van der Waals surface area contributed by atoms with Gasteiger partial charge in [0.25, 0.3) is 0 Å². The van der Waals surface area contributed by atoms with E-state index in [0.29, 0.717) is 40.7 Å². The Hall–Kier alpha value is -4.30. The first-order valence-corrected chi connectivity index (χ1v) is 11.2. The van der Waals surface area contributed by atoms with Gasteiger partial charge >= 0.3 is 5.63 Å². The van der Waals surface area contributed by atoms with Crippen LogP contribution in [0.4, 0.5) is 0 Å². The molecule has 1 fully saturated rings. The van der Waals surface area contributed by atoms with Gasteiger partial charge in [0.05, 0.1) is 30.7 Å². The fourth-order valence-corrected chi connectivity index (χ4v) is 3.97. The molecule has 168 valence electrons. The van der Waals surface area contributed by atoms with E-state index in [0.717, 1.165) is 22.1 Å². The number of nitriles is 1. The zero-order valence-corrected chi connectivity index (χ0v) is 18.8. The van der Waals surface area contributed by atoms with E-state index in [-0.39, 0.29) is 0 Å². The van der Waals surface area contributed by atoms with Crippen molar-refractivity contribution in [3.05, 3.63) is 94.0 Å². The first kappa shape index (κ1) is 21.5. The Morgan fingerprint density at radius 2 is 1.76 bits per heavy atom. The van der Waals surface area contributed by atoms with Crippen LogP contribution in [0.5, 0.6) is 11.5 Å². The van der Waals surface area contributed by atoms with E-state index in [9.17, 15) is 10.1 Å². The van der Waals surface area contributed by atoms with Crippen LogP contribution in [0.3, 0.4) is 0 Å². The van der Waals surface area contributed by atoms with Crippen LogP contribution in [0, 0.1) is 17.2 Å². The highest BCUT2D eigenvalue weighted by atomic mass is 16.5. The summed E-state index contributed by atoms with van der Waals surface area (Å²) in [7, 11) is 1.62. The van der Waals surface area contributed by atoms with E-state index in [1.54, 1.807) is 31.4 Å². The van der Waals surface area contributed by atoms with E-state index in [1.165, 1.54) is 12.8 Å². The second-order valence-corrected chi connectivity index (χ2v) is 8.33. The molecule has 3 aromatic carbocycles. The van der Waals surface area contributed by atoms with Crippen molar-refractivity contribution < 1.29 is 13.9 Å². The lowest BCUT2D eigenvalue weighted by Crippen LogP contribution is -2.03. The fourth-order valence-electron chi connectivity index (χ4n) is 3.97. The van der Waals surface area contributed by atoms with Gasteiger partial charge in [0.15, 0.2) is 11.5 Å². The molecule has 5 rings (SSSR count). The second kappa shape index (κ2) is 9.29. The van der Waals surface area contributed by atoms with Gasteiger partial charge in [0, 0.05) is 16.5 Å². The molecule has 1 saturated carbocycles. The van der Waals surface area contributed by atoms with Crippen molar-refractivity contribution in [2.45, 2.75) is 12.8 Å². The highest BCUT2D eigenvalue weighted by Gasteiger charge is 2.23. The van der Waals surface area contributed by atoms with Gasteiger partial charge in [0.1, 0.15) is 5.76 Å². The van der Waals surface area contributed by atoms with Crippen LogP contribution in [0.15, 0.2) is 75.9 Å². The minimum absolute atomic E-state index is 0.400. The smallest absolute Gasteiger partial charge is 0.344 e. The SMILES string of the molecule is COc1cccc(C=Cc2oc(=O)c3ccccc3c2-c2ccc(C#N)cc2)c1OCC1CC1. The summed E-state index contributed by atoms with van der Waals surface area (Å²) in [6.07, 6.45) is 6.05. The number of para-hydroxylation sites is 1. The van der Waals surface area contributed by atoms with E-state index >= 15 is 0 Å². The summed E-state index contributed by atoms with van der Waals surface area (Å²) in [5.74, 6) is 2.37. The highest BCUT2D eigenvalue weighted by Crippen LogP contribution is 2.37. The average Bonchev–Trinajstić information content (AvgIpc) is 3.71. The molecule has 0 unspecified atom stereocenters. The largest absolute Gasteiger partial charge is 0.493 e. The van der Waals surface area contributed by atoms with Crippen molar-refractivity contribution in [2.75, 3.05) is 13.7 Å². The van der Waals surface area contributed by atoms with Gasteiger partial charge in [0.2, 0.25) is 0 Å². The first-order chi connectivity index (χ1) is 16.7. The molecule has 0 aliphatic heterocycles. The van der Waals surface area contributed by atoms with Crippen molar-refractivity contribution in [2.24, 2.45) is 5.92 Å². The molecule has 1 aliphatic rings. The fraction of sp³-hybridized carbons (Fsp3) is 0.172. The number of nitrogens with zero attached hydrogens (tertiary/aromatic N) is 1. The molecule has 1 heterocycles. The van der Waals surface area contributed by atoms with Gasteiger partial charge in [-0.2, -0.15) is 5.26 Å². The van der Waals surface area contributed by atoms with Gasteiger partial charge < -0.3 is 13.9 Å². The van der Waals surface area contributed by atoms with Crippen LogP contribution in [0.1, 0.15) is 29.7 Å². The van der Waals surface area contributed by atoms with E-state index in [1.807, 2.05) is 54.6 Å². The molecule has 0 atom stereocenters. The predicted octanol–water partition coefficient (Wildman–Crippen LogP) is 6.30. The number of hydrogen-bond donors (Lipinski definition) is 0. The molecule has 34 heavy (non-hydrogen) atoms. The number of benzene rings is 3. The minimum atomic E-state index is -0.400. The number of hydrogen-bond acceptors (Lipinski definition) is 5. The molecule has 0 amide bonds. The minimum Gasteiger partial charge on any atom is -0.493 e. The van der Waals surface area contributed by atoms with Crippen LogP contribution >= 0.6 is 0 Å². The molecular formula is C29H23NO4. The topological polar surface area (TPSA) is 72.5 Å². The lowest BCUT2D eigenvalue weighted by atomic mass is 9.97. The quantitative estimate of drug-likeness (QED) is 0.331. The Kier molecular flexibility index (Phi) is 5.88. The monoisotopic (exact) mass is 449 g/mol. The third-order valence-electron chi connectivity index (χ3n) is 5.97. The summed E-state index contributed by atoms with van der Waals surface area (Å²) >= 11 is 0. The number of fused-ring (bicyclic) bond motifs is 1. The Morgan fingerprint density at radius 3 is 2.47 bits per heavy atom. The van der Waals surface area contributed by atoms with E-state index in [4.69, 9.17) is 13.9 Å². The summed E-state index contributed by atoms with van der Waals surface area (Å²) < 4.78 is 17.4. The van der Waals surface area contributed by atoms with Gasteiger partial charge in [-0.1, -0.05) is 42.5 Å². The third kappa shape index (κ3) is 4.31. The van der Waals surface area contributed by atoms with Crippen molar-refractivity contribution in [3.63, 3.8) is 0 Å². The summed E-state index contributed by atoms with van der Waals surface area (Å²) in [6.45, 7) is 0.656. The van der Waals surface area contributed by atoms with Crippen molar-refractivity contribution >= 4 is 22.9 Å². The van der Waals surface area contributed by atoms with Crippen LogP contribution in [0.2, 0.25) is 0 Å². The summed E-state index contributed by atoms with van der Waals surface area (Å²) in [5, 5.41) is 10.5. The molecule has 5 heteroatoms. The summed E-state index contributed by atoms with van der Waals surface area (Å²) in [6, 6.07) is 22.5. The molecule has 1 aliphatic carbocycles. The van der Waals surface area contributed by atoms with E-state index in [2.05, 4.69) is 6.07 Å².